The minimum absolute atomic E-state index is 0.0255. The maximum absolute atomic E-state index is 14.1. The maximum atomic E-state index is 14.1. The fraction of sp³-hybridized carbons (Fsp3) is 0.179. The van der Waals surface area contributed by atoms with Crippen molar-refractivity contribution in [2.75, 3.05) is 12.0 Å². The summed E-state index contributed by atoms with van der Waals surface area (Å²) in [7, 11) is 1.31. The molecule has 3 heterocycles. The normalized spacial score (nSPS) is 22.5. The molecule has 2 fully saturated rings. The molecule has 0 bridgehead atoms. The first-order valence-corrected chi connectivity index (χ1v) is 12.3. The molecule has 40 heavy (non-hydrogen) atoms. The number of nitro benzene ring substituents is 2. The van der Waals surface area contributed by atoms with Crippen molar-refractivity contribution in [1.29, 1.82) is 0 Å². The number of methoxy groups -OCH3 is 1. The summed E-state index contributed by atoms with van der Waals surface area (Å²) in [6, 6.07) is 14.3. The van der Waals surface area contributed by atoms with Crippen molar-refractivity contribution in [3.05, 3.63) is 110 Å². The van der Waals surface area contributed by atoms with E-state index in [9.17, 15) is 34.6 Å². The molecule has 0 spiro atoms. The number of fused-ring (bicyclic) bond motifs is 5. The Hall–Kier alpha value is -5.39. The first-order valence-electron chi connectivity index (χ1n) is 12.3. The van der Waals surface area contributed by atoms with Gasteiger partial charge in [-0.2, -0.15) is 0 Å². The van der Waals surface area contributed by atoms with E-state index in [4.69, 9.17) is 4.74 Å². The van der Waals surface area contributed by atoms with E-state index < -0.39 is 51.4 Å². The number of Topliss-reactive ketones (excluding diaryl/α,β-unsaturated/α-hetero) is 1. The summed E-state index contributed by atoms with van der Waals surface area (Å²) >= 11 is 0. The number of ether oxygens (including phenoxy) is 1. The van der Waals surface area contributed by atoms with Crippen molar-refractivity contribution < 1.29 is 29.0 Å². The second-order valence-corrected chi connectivity index (χ2v) is 9.63. The van der Waals surface area contributed by atoms with Crippen LogP contribution < -0.4 is 9.64 Å². The third kappa shape index (κ3) is 3.56. The molecule has 3 aromatic carbocycles. The van der Waals surface area contributed by atoms with Gasteiger partial charge in [-0.1, -0.05) is 36.4 Å². The van der Waals surface area contributed by atoms with Gasteiger partial charge in [-0.15, -0.1) is 0 Å². The summed E-state index contributed by atoms with van der Waals surface area (Å²) in [5, 5.41) is 22.9. The molecule has 0 saturated carbocycles. The van der Waals surface area contributed by atoms with Crippen molar-refractivity contribution in [1.82, 2.24) is 4.90 Å². The zero-order valence-electron chi connectivity index (χ0n) is 20.9. The molecule has 4 atom stereocenters. The number of hydrogen-bond donors (Lipinski definition) is 0. The Labute approximate surface area is 226 Å². The quantitative estimate of drug-likeness (QED) is 0.196. The van der Waals surface area contributed by atoms with E-state index in [1.807, 2.05) is 18.2 Å². The molecule has 12 heteroatoms. The van der Waals surface area contributed by atoms with Crippen LogP contribution in [0.1, 0.15) is 27.5 Å². The highest BCUT2D eigenvalue weighted by Crippen LogP contribution is 2.54. The number of hydrogen-bond acceptors (Lipinski definition) is 9. The van der Waals surface area contributed by atoms with Crippen molar-refractivity contribution in [2.45, 2.75) is 12.1 Å². The van der Waals surface area contributed by atoms with E-state index in [0.717, 1.165) is 28.2 Å². The van der Waals surface area contributed by atoms with Crippen LogP contribution in [0.4, 0.5) is 17.1 Å². The molecule has 6 rings (SSSR count). The number of imide groups is 1. The minimum Gasteiger partial charge on any atom is -0.495 e. The van der Waals surface area contributed by atoms with E-state index in [2.05, 4.69) is 0 Å². The second-order valence-electron chi connectivity index (χ2n) is 9.63. The van der Waals surface area contributed by atoms with Crippen LogP contribution in [0.15, 0.2) is 72.9 Å². The maximum Gasteiger partial charge on any atom is 0.271 e. The molecular formula is C28H20N4O8. The Bertz CT molecular complexity index is 1670. The van der Waals surface area contributed by atoms with Crippen LogP contribution in [0.25, 0.3) is 6.08 Å². The summed E-state index contributed by atoms with van der Waals surface area (Å²) in [6.07, 6.45) is 3.46. The molecule has 0 aliphatic carbocycles. The topological polar surface area (TPSA) is 153 Å². The average Bonchev–Trinajstić information content (AvgIpc) is 3.44. The second kappa shape index (κ2) is 9.12. The molecule has 2 saturated heterocycles. The van der Waals surface area contributed by atoms with Gasteiger partial charge in [-0.25, -0.2) is 4.90 Å². The molecule has 0 aromatic heterocycles. The number of ketones is 1. The SMILES string of the molecule is COc1ccc([N+](=O)[O-])cc1N1C(=O)[C@@H]2[C@@H](C1=O)[C@@H]1c3ccccc3C=CN1[C@@H]2C(=O)c1cccc([N+](=O)[O-])c1. The molecule has 3 aliphatic heterocycles. The molecule has 12 nitrogen and oxygen atoms in total. The predicted octanol–water partition coefficient (Wildman–Crippen LogP) is 3.91. The van der Waals surface area contributed by atoms with Crippen LogP contribution in [0.3, 0.4) is 0 Å². The lowest BCUT2D eigenvalue weighted by Gasteiger charge is -2.35. The van der Waals surface area contributed by atoms with E-state index in [1.54, 1.807) is 23.2 Å². The highest BCUT2D eigenvalue weighted by atomic mass is 16.6. The Morgan fingerprint density at radius 3 is 2.30 bits per heavy atom. The molecule has 3 aromatic rings. The monoisotopic (exact) mass is 540 g/mol. The number of carbonyl (C=O) groups is 3. The number of carbonyl (C=O) groups excluding carboxylic acids is 3. The van der Waals surface area contributed by atoms with Gasteiger partial charge in [-0.05, 0) is 23.3 Å². The van der Waals surface area contributed by atoms with Crippen molar-refractivity contribution >= 4 is 40.7 Å². The van der Waals surface area contributed by atoms with Crippen LogP contribution in [-0.2, 0) is 9.59 Å². The standard InChI is InChI=1S/C28H20N4O8/c1-40-21-10-9-18(32(38)39)14-20(21)30-27(34)22-23(28(30)35)25(26(33)16-6-4-7-17(13-16)31(36)37)29-12-11-15-5-2-3-8-19(15)24(22)29/h2-14,22-25H,1H3/t22-,23-,24+,25+/m1/s1. The predicted molar refractivity (Wildman–Crippen MR) is 140 cm³/mol. The summed E-state index contributed by atoms with van der Waals surface area (Å²) in [6.45, 7) is 0. The highest BCUT2D eigenvalue weighted by molar-refractivity contribution is 6.25. The van der Waals surface area contributed by atoms with Gasteiger partial charge in [-0.3, -0.25) is 34.6 Å². The Kier molecular flexibility index (Phi) is 5.68. The number of non-ortho nitro benzene ring substituents is 2. The smallest absolute Gasteiger partial charge is 0.271 e. The summed E-state index contributed by atoms with van der Waals surface area (Å²) in [4.78, 5) is 66.3. The molecule has 0 unspecified atom stereocenters. The number of benzene rings is 3. The van der Waals surface area contributed by atoms with Crippen LogP contribution in [0.2, 0.25) is 0 Å². The third-order valence-corrected chi connectivity index (χ3v) is 7.69. The molecule has 2 amide bonds. The van der Waals surface area contributed by atoms with E-state index in [1.165, 1.54) is 37.4 Å². The first-order chi connectivity index (χ1) is 19.2. The minimum atomic E-state index is -1.16. The molecule has 0 N–H and O–H groups in total. The fourth-order valence-electron chi connectivity index (χ4n) is 6.00. The van der Waals surface area contributed by atoms with E-state index in [0.29, 0.717) is 0 Å². The number of nitrogens with zero attached hydrogens (tertiary/aromatic N) is 4. The molecule has 200 valence electrons. The van der Waals surface area contributed by atoms with Crippen LogP contribution in [0.5, 0.6) is 5.75 Å². The van der Waals surface area contributed by atoms with Gasteiger partial charge in [0.2, 0.25) is 11.8 Å². The van der Waals surface area contributed by atoms with Crippen LogP contribution in [-0.4, -0.2) is 45.5 Å². The lowest BCUT2D eigenvalue weighted by molar-refractivity contribution is -0.385. The highest BCUT2D eigenvalue weighted by Gasteiger charge is 2.65. The Balaban J connectivity index is 1.51. The Morgan fingerprint density at radius 2 is 1.57 bits per heavy atom. The third-order valence-electron chi connectivity index (χ3n) is 7.69. The number of nitro groups is 2. The number of anilines is 1. The van der Waals surface area contributed by atoms with Gasteiger partial charge in [0, 0.05) is 36.0 Å². The molecule has 3 aliphatic rings. The number of rotatable bonds is 6. The largest absolute Gasteiger partial charge is 0.495 e. The lowest BCUT2D eigenvalue weighted by Crippen LogP contribution is -2.44. The zero-order chi connectivity index (χ0) is 28.3. The molecule has 0 radical (unpaired) electrons. The average molecular weight is 540 g/mol. The summed E-state index contributed by atoms with van der Waals surface area (Å²) in [5.74, 6) is -3.98. The van der Waals surface area contributed by atoms with Gasteiger partial charge in [0.15, 0.2) is 5.78 Å². The first kappa shape index (κ1) is 24.9. The van der Waals surface area contributed by atoms with Gasteiger partial charge in [0.25, 0.3) is 11.4 Å². The van der Waals surface area contributed by atoms with Crippen molar-refractivity contribution in [2.24, 2.45) is 11.8 Å². The summed E-state index contributed by atoms with van der Waals surface area (Å²) < 4.78 is 5.33. The Morgan fingerprint density at radius 1 is 0.875 bits per heavy atom. The summed E-state index contributed by atoms with van der Waals surface area (Å²) in [5.41, 5.74) is 0.866. The zero-order valence-corrected chi connectivity index (χ0v) is 20.9. The number of amides is 2. The van der Waals surface area contributed by atoms with E-state index in [-0.39, 0.29) is 28.4 Å². The van der Waals surface area contributed by atoms with Gasteiger partial charge in [0.1, 0.15) is 17.5 Å². The van der Waals surface area contributed by atoms with Gasteiger partial charge >= 0.3 is 0 Å². The lowest BCUT2D eigenvalue weighted by atomic mass is 9.83. The van der Waals surface area contributed by atoms with Crippen LogP contribution in [0, 0.1) is 32.1 Å². The molecular weight excluding hydrogens is 520 g/mol. The van der Waals surface area contributed by atoms with Crippen molar-refractivity contribution in [3.8, 4) is 5.75 Å². The van der Waals surface area contributed by atoms with Gasteiger partial charge in [0.05, 0.1) is 34.8 Å². The van der Waals surface area contributed by atoms with Crippen molar-refractivity contribution in [3.63, 3.8) is 0 Å². The fourth-order valence-corrected chi connectivity index (χ4v) is 6.00. The van der Waals surface area contributed by atoms with E-state index >= 15 is 0 Å². The van der Waals surface area contributed by atoms with Crippen LogP contribution >= 0.6 is 0 Å². The van der Waals surface area contributed by atoms with Gasteiger partial charge < -0.3 is 9.64 Å².